The quantitative estimate of drug-likeness (QED) is 0.622. The summed E-state index contributed by atoms with van der Waals surface area (Å²) < 4.78 is 8.93. The number of rotatable bonds is 5. The Bertz CT molecular complexity index is 656. The molecule has 0 atom stereocenters. The maximum absolute atomic E-state index is 11.6. The fourth-order valence-electron chi connectivity index (χ4n) is 1.39. The molecule has 2 N–H and O–H groups in total. The number of carbonyl (C=O) groups is 3. The summed E-state index contributed by atoms with van der Waals surface area (Å²) in [6.45, 7) is 0. The van der Waals surface area contributed by atoms with E-state index in [1.54, 1.807) is 0 Å². The van der Waals surface area contributed by atoms with Crippen LogP contribution in [0, 0.1) is 0 Å². The summed E-state index contributed by atoms with van der Waals surface area (Å²) in [5.74, 6) is -2.89. The second kappa shape index (κ2) is 7.67. The summed E-state index contributed by atoms with van der Waals surface area (Å²) in [6, 6.07) is 2.50. The van der Waals surface area contributed by atoms with Crippen LogP contribution in [0.15, 0.2) is 23.9 Å². The first-order valence-electron chi connectivity index (χ1n) is 5.68. The summed E-state index contributed by atoms with van der Waals surface area (Å²) in [6.07, 6.45) is 0.862. The summed E-state index contributed by atoms with van der Waals surface area (Å²) in [4.78, 5) is 33.8. The van der Waals surface area contributed by atoms with E-state index < -0.39 is 17.9 Å². The molecule has 0 aliphatic heterocycles. The number of carbonyl (C=O) groups excluding carboxylic acids is 2. The van der Waals surface area contributed by atoms with Gasteiger partial charge in [-0.1, -0.05) is 23.2 Å². The van der Waals surface area contributed by atoms with Gasteiger partial charge in [-0.15, -0.1) is 0 Å². The molecule has 0 fully saturated rings. The number of aromatic carboxylic acids is 1. The second-order valence-corrected chi connectivity index (χ2v) is 4.55. The number of hydrogen-bond donors (Lipinski definition) is 2. The zero-order valence-electron chi connectivity index (χ0n) is 11.5. The van der Waals surface area contributed by atoms with Gasteiger partial charge in [0.15, 0.2) is 0 Å². The van der Waals surface area contributed by atoms with E-state index in [1.807, 2.05) is 0 Å². The molecule has 1 aromatic rings. The predicted molar refractivity (Wildman–Crippen MR) is 79.2 cm³/mol. The van der Waals surface area contributed by atoms with Crippen molar-refractivity contribution >= 4 is 46.8 Å². The summed E-state index contributed by atoms with van der Waals surface area (Å²) >= 11 is 11.8. The summed E-state index contributed by atoms with van der Waals surface area (Å²) in [5, 5.41) is 11.1. The van der Waals surface area contributed by atoms with Crippen LogP contribution in [0.4, 0.5) is 5.69 Å². The summed E-state index contributed by atoms with van der Waals surface area (Å²) in [7, 11) is 2.26. The molecule has 22 heavy (non-hydrogen) atoms. The maximum atomic E-state index is 11.6. The van der Waals surface area contributed by atoms with Crippen LogP contribution in [0.25, 0.3) is 0 Å². The highest BCUT2D eigenvalue weighted by molar-refractivity contribution is 6.45. The molecule has 0 unspecified atom stereocenters. The van der Waals surface area contributed by atoms with Crippen LogP contribution >= 0.6 is 23.2 Å². The number of anilines is 1. The number of methoxy groups -OCH3 is 2. The molecule has 0 radical (unpaired) electrons. The third-order valence-electron chi connectivity index (χ3n) is 2.45. The van der Waals surface area contributed by atoms with Gasteiger partial charge in [0.2, 0.25) is 0 Å². The smallest absolute Gasteiger partial charge is 0.354 e. The Balaban J connectivity index is 3.22. The minimum absolute atomic E-state index is 0.122. The van der Waals surface area contributed by atoms with Gasteiger partial charge in [0.1, 0.15) is 5.70 Å². The molecule has 1 aromatic carbocycles. The van der Waals surface area contributed by atoms with E-state index in [0.717, 1.165) is 20.3 Å². The predicted octanol–water partition coefficient (Wildman–Crippen LogP) is 2.33. The monoisotopic (exact) mass is 347 g/mol. The molecule has 0 aliphatic carbocycles. The minimum atomic E-state index is -1.25. The highest BCUT2D eigenvalue weighted by Crippen LogP contribution is 2.33. The van der Waals surface area contributed by atoms with Gasteiger partial charge in [-0.05, 0) is 12.1 Å². The van der Waals surface area contributed by atoms with Crippen molar-refractivity contribution in [1.29, 1.82) is 0 Å². The molecule has 0 spiro atoms. The molecule has 118 valence electrons. The normalized spacial score (nSPS) is 10.8. The molecule has 0 bridgehead atoms. The van der Waals surface area contributed by atoms with E-state index in [2.05, 4.69) is 14.8 Å². The first-order valence-corrected chi connectivity index (χ1v) is 6.43. The highest BCUT2D eigenvalue weighted by Gasteiger charge is 2.18. The molecule has 9 heteroatoms. The Hall–Kier alpha value is -2.25. The van der Waals surface area contributed by atoms with Gasteiger partial charge in [-0.2, -0.15) is 0 Å². The van der Waals surface area contributed by atoms with Crippen molar-refractivity contribution < 1.29 is 29.0 Å². The van der Waals surface area contributed by atoms with E-state index in [9.17, 15) is 14.4 Å². The molecule has 0 saturated heterocycles. The molecule has 0 saturated carbocycles. The number of benzene rings is 1. The number of halogens is 2. The second-order valence-electron chi connectivity index (χ2n) is 3.79. The zero-order chi connectivity index (χ0) is 16.9. The van der Waals surface area contributed by atoms with Crippen LogP contribution in [0.5, 0.6) is 0 Å². The molecule has 0 aliphatic rings. The maximum Gasteiger partial charge on any atom is 0.354 e. The van der Waals surface area contributed by atoms with Crippen molar-refractivity contribution in [3.63, 3.8) is 0 Å². The van der Waals surface area contributed by atoms with E-state index in [1.165, 1.54) is 12.1 Å². The summed E-state index contributed by atoms with van der Waals surface area (Å²) in [5.41, 5.74) is -0.332. The Morgan fingerprint density at radius 1 is 1.14 bits per heavy atom. The van der Waals surface area contributed by atoms with Crippen molar-refractivity contribution in [2.45, 2.75) is 0 Å². The van der Waals surface area contributed by atoms with Gasteiger partial charge in [0.25, 0.3) is 0 Å². The van der Waals surface area contributed by atoms with Crippen LogP contribution in [-0.4, -0.2) is 37.2 Å². The fourth-order valence-corrected chi connectivity index (χ4v) is 1.85. The molecule has 0 aromatic heterocycles. The first kappa shape index (κ1) is 17.8. The number of ether oxygens (including phenoxy) is 2. The Morgan fingerprint density at radius 2 is 1.77 bits per heavy atom. The average molecular weight is 348 g/mol. The minimum Gasteiger partial charge on any atom is -0.478 e. The highest BCUT2D eigenvalue weighted by atomic mass is 35.5. The van der Waals surface area contributed by atoms with Gasteiger partial charge < -0.3 is 19.9 Å². The number of hydrogen-bond acceptors (Lipinski definition) is 6. The first-order chi connectivity index (χ1) is 10.3. The van der Waals surface area contributed by atoms with Crippen LogP contribution in [-0.2, 0) is 19.1 Å². The van der Waals surface area contributed by atoms with Crippen molar-refractivity contribution in [3.8, 4) is 0 Å². The fraction of sp³-hybridized carbons (Fsp3) is 0.154. The molecular weight excluding hydrogens is 337 g/mol. The molecule has 7 nitrogen and oxygen atoms in total. The van der Waals surface area contributed by atoms with Gasteiger partial charge in [-0.3, -0.25) is 0 Å². The van der Waals surface area contributed by atoms with Crippen LogP contribution in [0.2, 0.25) is 10.0 Å². The topological polar surface area (TPSA) is 102 Å². The lowest BCUT2D eigenvalue weighted by Gasteiger charge is -2.12. The van der Waals surface area contributed by atoms with Gasteiger partial charge in [0.05, 0.1) is 41.6 Å². The van der Waals surface area contributed by atoms with E-state index >= 15 is 0 Å². The average Bonchev–Trinajstić information content (AvgIpc) is 2.49. The molecular formula is C13H11Cl2NO6. The number of carboxylic acids is 1. The third kappa shape index (κ3) is 4.12. The van der Waals surface area contributed by atoms with E-state index in [-0.39, 0.29) is 27.0 Å². The third-order valence-corrected chi connectivity index (χ3v) is 3.33. The van der Waals surface area contributed by atoms with Crippen LogP contribution in [0.1, 0.15) is 10.4 Å². The molecule has 0 amide bonds. The van der Waals surface area contributed by atoms with Crippen LogP contribution in [0.3, 0.4) is 0 Å². The van der Waals surface area contributed by atoms with E-state index in [4.69, 9.17) is 28.3 Å². The van der Waals surface area contributed by atoms with E-state index in [0.29, 0.717) is 0 Å². The van der Waals surface area contributed by atoms with Gasteiger partial charge in [0, 0.05) is 0 Å². The largest absolute Gasteiger partial charge is 0.478 e. The zero-order valence-corrected chi connectivity index (χ0v) is 13.0. The van der Waals surface area contributed by atoms with Crippen molar-refractivity contribution in [3.05, 3.63) is 39.5 Å². The Morgan fingerprint density at radius 3 is 2.27 bits per heavy atom. The van der Waals surface area contributed by atoms with Gasteiger partial charge >= 0.3 is 17.9 Å². The van der Waals surface area contributed by atoms with Gasteiger partial charge in [-0.25, -0.2) is 14.4 Å². The van der Waals surface area contributed by atoms with Crippen molar-refractivity contribution in [2.24, 2.45) is 0 Å². The Labute approximate surface area is 135 Å². The number of carboxylic acid groups (broad SMARTS) is 1. The SMILES string of the molecule is COC(=O)/C=C(/Nc1ccc(C(=O)O)c(Cl)c1Cl)C(=O)OC. The van der Waals surface area contributed by atoms with Crippen molar-refractivity contribution in [1.82, 2.24) is 0 Å². The molecule has 0 heterocycles. The molecule has 1 rings (SSSR count). The number of esters is 2. The lowest BCUT2D eigenvalue weighted by atomic mass is 10.2. The lowest BCUT2D eigenvalue weighted by Crippen LogP contribution is -2.16. The van der Waals surface area contributed by atoms with Crippen LogP contribution < -0.4 is 5.32 Å². The standard InChI is InChI=1S/C13H11Cl2NO6/c1-21-9(17)5-8(13(20)22-2)16-7-4-3-6(12(18)19)10(14)11(7)15/h3-5,16H,1-2H3,(H,18,19)/b8-5+. The van der Waals surface area contributed by atoms with Crippen molar-refractivity contribution in [2.75, 3.05) is 19.5 Å². The lowest BCUT2D eigenvalue weighted by molar-refractivity contribution is -0.138. The Kier molecular flexibility index (Phi) is 6.21. The number of nitrogens with one attached hydrogen (secondary N) is 1.